The molecule has 144 valence electrons. The minimum absolute atomic E-state index is 0.245. The van der Waals surface area contributed by atoms with Crippen LogP contribution in [-0.4, -0.2) is 24.9 Å². The average Bonchev–Trinajstić information content (AvgIpc) is 3.42. The molecule has 0 aliphatic rings. The molecule has 0 bridgehead atoms. The number of halogens is 1. The maximum absolute atomic E-state index is 6.03. The summed E-state index contributed by atoms with van der Waals surface area (Å²) in [6, 6.07) is 11.2. The van der Waals surface area contributed by atoms with Gasteiger partial charge in [0.2, 0.25) is 11.7 Å². The summed E-state index contributed by atoms with van der Waals surface area (Å²) in [4.78, 5) is 4.45. The highest BCUT2D eigenvalue weighted by Crippen LogP contribution is 2.26. The van der Waals surface area contributed by atoms with E-state index in [9.17, 15) is 0 Å². The third-order valence-corrected chi connectivity index (χ3v) is 5.22. The van der Waals surface area contributed by atoms with Crippen LogP contribution in [0.25, 0.3) is 11.4 Å². The molecule has 0 atom stereocenters. The van der Waals surface area contributed by atoms with E-state index in [0.29, 0.717) is 29.0 Å². The number of rotatable bonds is 7. The number of hydrogen-bond acceptors (Lipinski definition) is 7. The van der Waals surface area contributed by atoms with Gasteiger partial charge in [0.05, 0.1) is 18.6 Å². The standard InChI is InChI=1S/C19H18ClN5O2S/c1-12(2)18-22-23-19(25(18)10-15-7-4-8-26-15)28-11-16-21-17(24-27-16)13-5-3-6-14(20)9-13/h3-9,12H,10-11H2,1-2H3. The lowest BCUT2D eigenvalue weighted by atomic mass is 10.2. The summed E-state index contributed by atoms with van der Waals surface area (Å²) in [6.45, 7) is 4.76. The van der Waals surface area contributed by atoms with Gasteiger partial charge in [0.25, 0.3) is 0 Å². The van der Waals surface area contributed by atoms with Gasteiger partial charge in [0, 0.05) is 16.5 Å². The predicted molar refractivity (Wildman–Crippen MR) is 106 cm³/mol. The number of nitrogens with zero attached hydrogens (tertiary/aromatic N) is 5. The van der Waals surface area contributed by atoms with Gasteiger partial charge in [-0.1, -0.05) is 54.5 Å². The highest BCUT2D eigenvalue weighted by Gasteiger charge is 2.18. The molecule has 28 heavy (non-hydrogen) atoms. The van der Waals surface area contributed by atoms with Crippen molar-refractivity contribution in [1.29, 1.82) is 0 Å². The van der Waals surface area contributed by atoms with E-state index >= 15 is 0 Å². The second-order valence-corrected chi connectivity index (χ2v) is 7.85. The van der Waals surface area contributed by atoms with Crippen molar-refractivity contribution in [3.63, 3.8) is 0 Å². The molecule has 0 unspecified atom stereocenters. The highest BCUT2D eigenvalue weighted by molar-refractivity contribution is 7.98. The summed E-state index contributed by atoms with van der Waals surface area (Å²) in [5.74, 6) is 3.52. The first kappa shape index (κ1) is 18.8. The fourth-order valence-corrected chi connectivity index (χ4v) is 3.70. The SMILES string of the molecule is CC(C)c1nnc(SCc2nc(-c3cccc(Cl)c3)no2)n1Cc1ccco1. The van der Waals surface area contributed by atoms with Gasteiger partial charge in [0.1, 0.15) is 11.6 Å². The topological polar surface area (TPSA) is 82.8 Å². The first-order valence-electron chi connectivity index (χ1n) is 8.77. The minimum Gasteiger partial charge on any atom is -0.467 e. The van der Waals surface area contributed by atoms with E-state index in [4.69, 9.17) is 20.5 Å². The number of benzene rings is 1. The Hall–Kier alpha value is -2.58. The van der Waals surface area contributed by atoms with Gasteiger partial charge in [-0.3, -0.25) is 4.57 Å². The van der Waals surface area contributed by atoms with E-state index in [1.807, 2.05) is 24.3 Å². The summed E-state index contributed by atoms with van der Waals surface area (Å²) in [6.07, 6.45) is 1.66. The Morgan fingerprint density at radius 2 is 2.07 bits per heavy atom. The fourth-order valence-electron chi connectivity index (χ4n) is 2.73. The Labute approximate surface area is 171 Å². The van der Waals surface area contributed by atoms with Crippen molar-refractivity contribution in [1.82, 2.24) is 24.9 Å². The Morgan fingerprint density at radius 1 is 1.18 bits per heavy atom. The van der Waals surface area contributed by atoms with Gasteiger partial charge < -0.3 is 8.94 Å². The normalized spacial score (nSPS) is 11.4. The lowest BCUT2D eigenvalue weighted by Gasteiger charge is -2.10. The minimum atomic E-state index is 0.245. The largest absolute Gasteiger partial charge is 0.467 e. The molecule has 4 rings (SSSR count). The van der Waals surface area contributed by atoms with Gasteiger partial charge in [-0.25, -0.2) is 0 Å². The van der Waals surface area contributed by atoms with Crippen LogP contribution in [0, 0.1) is 0 Å². The molecule has 1 aromatic carbocycles. The lowest BCUT2D eigenvalue weighted by molar-refractivity contribution is 0.391. The molecule has 0 saturated heterocycles. The van der Waals surface area contributed by atoms with Crippen LogP contribution in [0.3, 0.4) is 0 Å². The van der Waals surface area contributed by atoms with Crippen molar-refractivity contribution in [3.05, 3.63) is 65.2 Å². The Morgan fingerprint density at radius 3 is 2.82 bits per heavy atom. The van der Waals surface area contributed by atoms with Crippen LogP contribution in [0.1, 0.15) is 37.2 Å². The number of hydrogen-bond donors (Lipinski definition) is 0. The zero-order valence-electron chi connectivity index (χ0n) is 15.4. The lowest BCUT2D eigenvalue weighted by Crippen LogP contribution is -2.07. The molecular formula is C19H18ClN5O2S. The Balaban J connectivity index is 1.51. The molecular weight excluding hydrogens is 398 g/mol. The smallest absolute Gasteiger partial charge is 0.237 e. The van der Waals surface area contributed by atoms with E-state index in [1.54, 1.807) is 18.4 Å². The second-order valence-electron chi connectivity index (χ2n) is 6.47. The molecule has 4 aromatic rings. The maximum atomic E-state index is 6.03. The van der Waals surface area contributed by atoms with Crippen molar-refractivity contribution >= 4 is 23.4 Å². The average molecular weight is 416 g/mol. The van der Waals surface area contributed by atoms with E-state index in [0.717, 1.165) is 22.3 Å². The second kappa shape index (κ2) is 8.20. The van der Waals surface area contributed by atoms with Crippen LogP contribution < -0.4 is 0 Å². The van der Waals surface area contributed by atoms with Gasteiger partial charge in [0.15, 0.2) is 5.16 Å². The van der Waals surface area contributed by atoms with Crippen molar-refractivity contribution in [2.24, 2.45) is 0 Å². The van der Waals surface area contributed by atoms with E-state index in [1.165, 1.54) is 11.8 Å². The van der Waals surface area contributed by atoms with Crippen LogP contribution in [0.4, 0.5) is 0 Å². The predicted octanol–water partition coefficient (Wildman–Crippen LogP) is 5.04. The molecule has 0 spiro atoms. The van der Waals surface area contributed by atoms with Crippen molar-refractivity contribution < 1.29 is 8.94 Å². The summed E-state index contributed by atoms with van der Waals surface area (Å²) in [5, 5.41) is 14.1. The number of furan rings is 1. The van der Waals surface area contributed by atoms with Crippen molar-refractivity contribution in [3.8, 4) is 11.4 Å². The molecule has 3 heterocycles. The molecule has 9 heteroatoms. The van der Waals surface area contributed by atoms with Crippen molar-refractivity contribution in [2.75, 3.05) is 0 Å². The van der Waals surface area contributed by atoms with Crippen LogP contribution in [-0.2, 0) is 12.3 Å². The molecule has 0 radical (unpaired) electrons. The summed E-state index contributed by atoms with van der Waals surface area (Å²) in [5.41, 5.74) is 0.815. The van der Waals surface area contributed by atoms with Gasteiger partial charge >= 0.3 is 0 Å². The van der Waals surface area contributed by atoms with Crippen LogP contribution in [0.2, 0.25) is 5.02 Å². The van der Waals surface area contributed by atoms with E-state index in [2.05, 4.69) is 38.8 Å². The number of aromatic nitrogens is 5. The number of thioether (sulfide) groups is 1. The van der Waals surface area contributed by atoms with Gasteiger partial charge in [-0.15, -0.1) is 10.2 Å². The van der Waals surface area contributed by atoms with Gasteiger partial charge in [-0.2, -0.15) is 4.98 Å². The third-order valence-electron chi connectivity index (χ3n) is 4.03. The van der Waals surface area contributed by atoms with Crippen LogP contribution >= 0.6 is 23.4 Å². The Bertz CT molecular complexity index is 1060. The maximum Gasteiger partial charge on any atom is 0.237 e. The quantitative estimate of drug-likeness (QED) is 0.391. The molecule has 0 N–H and O–H groups in total. The summed E-state index contributed by atoms with van der Waals surface area (Å²) in [7, 11) is 0. The van der Waals surface area contributed by atoms with Crippen molar-refractivity contribution in [2.45, 2.75) is 37.2 Å². The first-order valence-corrected chi connectivity index (χ1v) is 10.1. The zero-order valence-corrected chi connectivity index (χ0v) is 16.9. The van der Waals surface area contributed by atoms with E-state index in [-0.39, 0.29) is 5.92 Å². The molecule has 0 saturated carbocycles. The molecule has 0 aliphatic heterocycles. The Kier molecular flexibility index (Phi) is 5.50. The van der Waals surface area contributed by atoms with Gasteiger partial charge in [-0.05, 0) is 24.3 Å². The summed E-state index contributed by atoms with van der Waals surface area (Å²) < 4.78 is 12.9. The van der Waals surface area contributed by atoms with Crippen LogP contribution in [0.15, 0.2) is 56.8 Å². The van der Waals surface area contributed by atoms with E-state index < -0.39 is 0 Å². The zero-order chi connectivity index (χ0) is 19.5. The molecule has 0 amide bonds. The molecule has 7 nitrogen and oxygen atoms in total. The summed E-state index contributed by atoms with van der Waals surface area (Å²) >= 11 is 7.53. The fraction of sp³-hybridized carbons (Fsp3) is 0.263. The molecule has 3 aromatic heterocycles. The first-order chi connectivity index (χ1) is 13.6. The molecule has 0 aliphatic carbocycles. The highest BCUT2D eigenvalue weighted by atomic mass is 35.5. The monoisotopic (exact) mass is 415 g/mol. The van der Waals surface area contributed by atoms with Crippen LogP contribution in [0.5, 0.6) is 0 Å². The third kappa shape index (κ3) is 4.13. The molecule has 0 fully saturated rings.